The van der Waals surface area contributed by atoms with Crippen LogP contribution in [0.1, 0.15) is 17.0 Å². The Labute approximate surface area is 226 Å². The Morgan fingerprint density at radius 1 is 0.825 bits per heavy atom. The molecule has 3 aromatic heterocycles. The summed E-state index contributed by atoms with van der Waals surface area (Å²) in [5.74, 6) is 1.09. The summed E-state index contributed by atoms with van der Waals surface area (Å²) < 4.78 is 65.7. The molecule has 0 aliphatic carbocycles. The van der Waals surface area contributed by atoms with E-state index in [1.165, 1.54) is 49.6 Å². The van der Waals surface area contributed by atoms with E-state index in [1.54, 1.807) is 26.4 Å². The van der Waals surface area contributed by atoms with Gasteiger partial charge in [0.2, 0.25) is 0 Å². The van der Waals surface area contributed by atoms with Crippen LogP contribution < -0.4 is 14.8 Å². The highest BCUT2D eigenvalue weighted by atomic mass is 19.4. The Hall–Kier alpha value is -4.80. The van der Waals surface area contributed by atoms with Crippen molar-refractivity contribution >= 4 is 16.9 Å². The SMILES string of the molecule is COc1ccc(CNc2nc(-c3ccc(F)cc3)c(-c3cc(C)nc(C(F)(F)F)c3)c3nccnc23)c(OC)c1. The summed E-state index contributed by atoms with van der Waals surface area (Å²) in [4.78, 5) is 17.4. The van der Waals surface area contributed by atoms with Crippen LogP contribution in [-0.2, 0) is 12.7 Å². The molecule has 0 atom stereocenters. The normalized spacial score (nSPS) is 11.5. The fraction of sp³-hybridized carbons (Fsp3) is 0.172. The lowest BCUT2D eigenvalue weighted by Crippen LogP contribution is -2.10. The molecule has 0 saturated carbocycles. The number of methoxy groups -OCH3 is 2. The van der Waals surface area contributed by atoms with Crippen LogP contribution in [-0.4, -0.2) is 34.2 Å². The number of alkyl halides is 3. The van der Waals surface area contributed by atoms with E-state index >= 15 is 0 Å². The van der Waals surface area contributed by atoms with E-state index in [9.17, 15) is 17.6 Å². The van der Waals surface area contributed by atoms with E-state index in [2.05, 4.69) is 20.3 Å². The Morgan fingerprint density at radius 2 is 1.55 bits per heavy atom. The van der Waals surface area contributed by atoms with E-state index in [0.717, 1.165) is 11.6 Å². The molecule has 0 fully saturated rings. The molecule has 5 rings (SSSR count). The monoisotopic (exact) mass is 549 g/mol. The van der Waals surface area contributed by atoms with Gasteiger partial charge in [-0.05, 0) is 61.0 Å². The van der Waals surface area contributed by atoms with Gasteiger partial charge in [0, 0.05) is 47.4 Å². The lowest BCUT2D eigenvalue weighted by molar-refractivity contribution is -0.141. The largest absolute Gasteiger partial charge is 0.497 e. The zero-order valence-corrected chi connectivity index (χ0v) is 21.7. The maximum absolute atomic E-state index is 13.8. The summed E-state index contributed by atoms with van der Waals surface area (Å²) in [6.07, 6.45) is -1.73. The van der Waals surface area contributed by atoms with E-state index in [-0.39, 0.29) is 17.8 Å². The number of ether oxygens (including phenoxy) is 2. The van der Waals surface area contributed by atoms with Gasteiger partial charge in [0.1, 0.15) is 34.0 Å². The van der Waals surface area contributed by atoms with Gasteiger partial charge in [-0.15, -0.1) is 0 Å². The van der Waals surface area contributed by atoms with Gasteiger partial charge in [0.05, 0.1) is 19.9 Å². The molecule has 0 bridgehead atoms. The number of anilines is 1. The third-order valence-electron chi connectivity index (χ3n) is 6.21. The van der Waals surface area contributed by atoms with Crippen molar-refractivity contribution in [2.24, 2.45) is 0 Å². The third kappa shape index (κ3) is 5.35. The number of hydrogen-bond acceptors (Lipinski definition) is 7. The second kappa shape index (κ2) is 10.8. The summed E-state index contributed by atoms with van der Waals surface area (Å²) in [5.41, 5.74) is 1.90. The van der Waals surface area contributed by atoms with Crippen molar-refractivity contribution in [1.29, 1.82) is 0 Å². The Morgan fingerprint density at radius 3 is 2.23 bits per heavy atom. The van der Waals surface area contributed by atoms with Gasteiger partial charge in [-0.3, -0.25) is 4.98 Å². The molecule has 0 aliphatic rings. The Kier molecular flexibility index (Phi) is 7.20. The highest BCUT2D eigenvalue weighted by Gasteiger charge is 2.33. The average molecular weight is 550 g/mol. The molecule has 204 valence electrons. The van der Waals surface area contributed by atoms with Crippen molar-refractivity contribution in [3.8, 4) is 33.9 Å². The standard InChI is InChI=1S/C29H23F4N5O2/c1-16-12-19(13-23(37-16)29(31,32)33)24-25(17-4-7-20(30)8-5-17)38-28(27-26(24)34-10-11-35-27)36-15-18-6-9-21(39-2)14-22(18)40-3/h4-14H,15H2,1-3H3,(H,36,38). The van der Waals surface area contributed by atoms with Crippen molar-refractivity contribution < 1.29 is 27.0 Å². The molecule has 0 saturated heterocycles. The highest BCUT2D eigenvalue weighted by Crippen LogP contribution is 2.40. The van der Waals surface area contributed by atoms with Gasteiger partial charge in [-0.2, -0.15) is 13.2 Å². The minimum absolute atomic E-state index is 0.167. The first-order valence-corrected chi connectivity index (χ1v) is 12.1. The molecule has 40 heavy (non-hydrogen) atoms. The molecule has 0 radical (unpaired) electrons. The van der Waals surface area contributed by atoms with Gasteiger partial charge in [0.15, 0.2) is 5.82 Å². The quantitative estimate of drug-likeness (QED) is 0.222. The number of halogens is 4. The Balaban J connectivity index is 1.72. The van der Waals surface area contributed by atoms with E-state index in [4.69, 9.17) is 14.5 Å². The molecular formula is C29H23F4N5O2. The number of rotatable bonds is 7. The maximum Gasteiger partial charge on any atom is 0.433 e. The van der Waals surface area contributed by atoms with Crippen LogP contribution in [0.4, 0.5) is 23.4 Å². The average Bonchev–Trinajstić information content (AvgIpc) is 2.95. The first-order chi connectivity index (χ1) is 19.2. The minimum atomic E-state index is -4.66. The number of pyridine rings is 2. The number of aromatic nitrogens is 4. The first-order valence-electron chi connectivity index (χ1n) is 12.1. The van der Waals surface area contributed by atoms with Crippen LogP contribution in [0.3, 0.4) is 0 Å². The second-order valence-electron chi connectivity index (χ2n) is 8.86. The number of nitrogens with zero attached hydrogens (tertiary/aromatic N) is 4. The second-order valence-corrected chi connectivity index (χ2v) is 8.86. The molecule has 2 aromatic carbocycles. The van der Waals surface area contributed by atoms with Crippen LogP contribution >= 0.6 is 0 Å². The molecule has 3 heterocycles. The molecule has 5 aromatic rings. The predicted molar refractivity (Wildman–Crippen MR) is 143 cm³/mol. The zero-order chi connectivity index (χ0) is 28.4. The topological polar surface area (TPSA) is 82.0 Å². The number of fused-ring (bicyclic) bond motifs is 1. The third-order valence-corrected chi connectivity index (χ3v) is 6.21. The first kappa shape index (κ1) is 26.8. The summed E-state index contributed by atoms with van der Waals surface area (Å²) in [5, 5.41) is 3.26. The van der Waals surface area contributed by atoms with Gasteiger partial charge in [-0.1, -0.05) is 0 Å². The molecule has 0 aliphatic heterocycles. The number of hydrogen-bond donors (Lipinski definition) is 1. The van der Waals surface area contributed by atoms with Crippen molar-refractivity contribution in [3.05, 3.63) is 89.8 Å². The number of benzene rings is 2. The van der Waals surface area contributed by atoms with Crippen molar-refractivity contribution in [2.75, 3.05) is 19.5 Å². The minimum Gasteiger partial charge on any atom is -0.497 e. The molecule has 11 heteroatoms. The van der Waals surface area contributed by atoms with Crippen molar-refractivity contribution in [1.82, 2.24) is 19.9 Å². The van der Waals surface area contributed by atoms with Crippen molar-refractivity contribution in [3.63, 3.8) is 0 Å². The van der Waals surface area contributed by atoms with Crippen LogP contribution in [0.25, 0.3) is 33.4 Å². The van der Waals surface area contributed by atoms with Gasteiger partial charge in [-0.25, -0.2) is 19.3 Å². The molecule has 1 N–H and O–H groups in total. The summed E-state index contributed by atoms with van der Waals surface area (Å²) in [7, 11) is 3.10. The van der Waals surface area contributed by atoms with Crippen LogP contribution in [0, 0.1) is 12.7 Å². The highest BCUT2D eigenvalue weighted by molar-refractivity contribution is 6.03. The maximum atomic E-state index is 13.8. The Bertz CT molecular complexity index is 1690. The summed E-state index contributed by atoms with van der Waals surface area (Å²) >= 11 is 0. The van der Waals surface area contributed by atoms with Crippen molar-refractivity contribution in [2.45, 2.75) is 19.6 Å². The number of aryl methyl sites for hydroxylation is 1. The molecule has 0 amide bonds. The fourth-order valence-corrected chi connectivity index (χ4v) is 4.38. The molecule has 7 nitrogen and oxygen atoms in total. The van der Waals surface area contributed by atoms with Crippen LogP contribution in [0.2, 0.25) is 0 Å². The van der Waals surface area contributed by atoms with Crippen LogP contribution in [0.15, 0.2) is 67.0 Å². The summed E-state index contributed by atoms with van der Waals surface area (Å²) in [6.45, 7) is 1.76. The molecular weight excluding hydrogens is 526 g/mol. The molecule has 0 spiro atoms. The predicted octanol–water partition coefficient (Wildman–Crippen LogP) is 6.85. The van der Waals surface area contributed by atoms with E-state index in [1.807, 2.05) is 6.07 Å². The molecule has 0 unspecified atom stereocenters. The van der Waals surface area contributed by atoms with E-state index in [0.29, 0.717) is 45.2 Å². The van der Waals surface area contributed by atoms with Gasteiger partial charge in [0.25, 0.3) is 0 Å². The van der Waals surface area contributed by atoms with E-state index < -0.39 is 17.7 Å². The van der Waals surface area contributed by atoms with Gasteiger partial charge >= 0.3 is 6.18 Å². The fourth-order valence-electron chi connectivity index (χ4n) is 4.38. The summed E-state index contributed by atoms with van der Waals surface area (Å²) in [6, 6.07) is 13.4. The lowest BCUT2D eigenvalue weighted by Gasteiger charge is -2.18. The van der Waals surface area contributed by atoms with Crippen LogP contribution in [0.5, 0.6) is 11.5 Å². The van der Waals surface area contributed by atoms with Gasteiger partial charge < -0.3 is 14.8 Å². The lowest BCUT2D eigenvalue weighted by atomic mass is 9.96. The zero-order valence-electron chi connectivity index (χ0n) is 21.7. The smallest absolute Gasteiger partial charge is 0.433 e. The number of nitrogens with one attached hydrogen (secondary N) is 1.